The number of amides is 1. The van der Waals surface area contributed by atoms with Crippen LogP contribution in [0.1, 0.15) is 23.2 Å². The van der Waals surface area contributed by atoms with E-state index in [0.717, 1.165) is 62.7 Å². The molecule has 0 atom stereocenters. The molecule has 0 aliphatic carbocycles. The molecule has 8 heteroatoms. The van der Waals surface area contributed by atoms with Crippen molar-refractivity contribution in [1.29, 1.82) is 0 Å². The van der Waals surface area contributed by atoms with Crippen LogP contribution in [0.2, 0.25) is 0 Å². The molecule has 35 heavy (non-hydrogen) atoms. The summed E-state index contributed by atoms with van der Waals surface area (Å²) in [5.41, 5.74) is 2.38. The van der Waals surface area contributed by atoms with Crippen molar-refractivity contribution in [2.24, 2.45) is 0 Å². The van der Waals surface area contributed by atoms with Crippen molar-refractivity contribution in [2.75, 3.05) is 72.1 Å². The number of ether oxygens (including phenoxy) is 4. The van der Waals surface area contributed by atoms with E-state index in [1.807, 2.05) is 12.1 Å². The number of nitrogens with zero attached hydrogens (tertiary/aromatic N) is 3. The highest BCUT2D eigenvalue weighted by Gasteiger charge is 2.27. The number of hydrogen-bond donors (Lipinski definition) is 0. The monoisotopic (exact) mass is 481 g/mol. The van der Waals surface area contributed by atoms with Gasteiger partial charge in [-0.1, -0.05) is 12.1 Å². The average Bonchev–Trinajstić information content (AvgIpc) is 3.03. The minimum absolute atomic E-state index is 0.0925. The number of benzene rings is 2. The molecule has 2 aliphatic rings. The first-order valence-corrected chi connectivity index (χ1v) is 12.1. The standard InChI is InChI=1S/C27H35N3O5/c1-32-19-21-20-35-25-11-10-22(33-2)18-23(25)27(31)30(21)13-7-6-12-28-14-16-29(17-15-28)24-8-4-5-9-26(24)34-3/h4-5,8-11,18,20H,6-7,12-17,19H2,1-3H3. The molecule has 2 aromatic carbocycles. The van der Waals surface area contributed by atoms with Gasteiger partial charge in [-0.05, 0) is 49.7 Å². The van der Waals surface area contributed by atoms with E-state index in [9.17, 15) is 4.79 Å². The lowest BCUT2D eigenvalue weighted by Crippen LogP contribution is -2.46. The van der Waals surface area contributed by atoms with Gasteiger partial charge in [0.1, 0.15) is 23.5 Å². The largest absolute Gasteiger partial charge is 0.497 e. The zero-order valence-corrected chi connectivity index (χ0v) is 20.9. The molecule has 1 fully saturated rings. The molecule has 1 saturated heterocycles. The van der Waals surface area contributed by atoms with Crippen LogP contribution in [0.3, 0.4) is 0 Å². The maximum atomic E-state index is 13.4. The number of para-hydroxylation sites is 2. The summed E-state index contributed by atoms with van der Waals surface area (Å²) in [6, 6.07) is 13.5. The second kappa shape index (κ2) is 12.0. The molecule has 8 nitrogen and oxygen atoms in total. The number of carbonyl (C=O) groups is 1. The molecule has 0 bridgehead atoms. The first kappa shape index (κ1) is 24.9. The van der Waals surface area contributed by atoms with E-state index in [4.69, 9.17) is 18.9 Å². The van der Waals surface area contributed by atoms with Crippen LogP contribution in [-0.4, -0.2) is 82.9 Å². The maximum absolute atomic E-state index is 13.4. The lowest BCUT2D eigenvalue weighted by molar-refractivity contribution is 0.0771. The lowest BCUT2D eigenvalue weighted by Gasteiger charge is -2.36. The summed E-state index contributed by atoms with van der Waals surface area (Å²) in [5.74, 6) is 1.99. The topological polar surface area (TPSA) is 63.7 Å². The summed E-state index contributed by atoms with van der Waals surface area (Å²) < 4.78 is 22.0. The summed E-state index contributed by atoms with van der Waals surface area (Å²) in [7, 11) is 4.93. The van der Waals surface area contributed by atoms with Gasteiger partial charge in [0.25, 0.3) is 5.91 Å². The molecule has 2 aromatic rings. The highest BCUT2D eigenvalue weighted by molar-refractivity contribution is 5.98. The fraction of sp³-hybridized carbons (Fsp3) is 0.444. The van der Waals surface area contributed by atoms with Gasteiger partial charge in [-0.25, -0.2) is 0 Å². The normalized spacial score (nSPS) is 16.3. The molecular weight excluding hydrogens is 446 g/mol. The Morgan fingerprint density at radius 3 is 2.43 bits per heavy atom. The zero-order valence-electron chi connectivity index (χ0n) is 20.9. The van der Waals surface area contributed by atoms with E-state index in [1.54, 1.807) is 50.7 Å². The first-order chi connectivity index (χ1) is 17.1. The summed E-state index contributed by atoms with van der Waals surface area (Å²) in [6.07, 6.45) is 3.51. The van der Waals surface area contributed by atoms with Gasteiger partial charge < -0.3 is 28.7 Å². The van der Waals surface area contributed by atoms with Gasteiger partial charge in [0.2, 0.25) is 0 Å². The SMILES string of the molecule is COCC1=COc2ccc(OC)cc2C(=O)N1CCCCN1CCN(c2ccccc2OC)CC1. The van der Waals surface area contributed by atoms with Crippen LogP contribution in [0.4, 0.5) is 5.69 Å². The van der Waals surface area contributed by atoms with E-state index in [1.165, 1.54) is 0 Å². The second-order valence-corrected chi connectivity index (χ2v) is 8.69. The minimum atomic E-state index is -0.0925. The van der Waals surface area contributed by atoms with Crippen LogP contribution >= 0.6 is 0 Å². The molecule has 2 heterocycles. The molecule has 2 aliphatic heterocycles. The molecule has 0 N–H and O–H groups in total. The molecule has 1 amide bonds. The maximum Gasteiger partial charge on any atom is 0.262 e. The highest BCUT2D eigenvalue weighted by atomic mass is 16.5. The summed E-state index contributed by atoms with van der Waals surface area (Å²) in [4.78, 5) is 20.0. The number of anilines is 1. The predicted molar refractivity (Wildman–Crippen MR) is 135 cm³/mol. The number of rotatable bonds is 10. The van der Waals surface area contributed by atoms with Crippen LogP contribution in [0, 0.1) is 0 Å². The molecule has 0 saturated carbocycles. The van der Waals surface area contributed by atoms with Crippen molar-refractivity contribution in [3.05, 3.63) is 60.0 Å². The first-order valence-electron chi connectivity index (χ1n) is 12.1. The summed E-state index contributed by atoms with van der Waals surface area (Å²) in [5, 5.41) is 0. The fourth-order valence-corrected chi connectivity index (χ4v) is 4.59. The molecular formula is C27H35N3O5. The van der Waals surface area contributed by atoms with Crippen LogP contribution < -0.4 is 19.1 Å². The summed E-state index contributed by atoms with van der Waals surface area (Å²) in [6.45, 7) is 5.89. The minimum Gasteiger partial charge on any atom is -0.497 e. The molecule has 0 radical (unpaired) electrons. The van der Waals surface area contributed by atoms with Gasteiger partial charge in [0.15, 0.2) is 0 Å². The van der Waals surface area contributed by atoms with Crippen LogP contribution in [0.5, 0.6) is 17.2 Å². The highest BCUT2D eigenvalue weighted by Crippen LogP contribution is 2.30. The summed E-state index contributed by atoms with van der Waals surface area (Å²) >= 11 is 0. The Morgan fingerprint density at radius 2 is 1.69 bits per heavy atom. The molecule has 0 spiro atoms. The van der Waals surface area contributed by atoms with E-state index in [0.29, 0.717) is 30.2 Å². The van der Waals surface area contributed by atoms with Crippen molar-refractivity contribution in [3.8, 4) is 17.2 Å². The van der Waals surface area contributed by atoms with Crippen molar-refractivity contribution < 1.29 is 23.7 Å². The van der Waals surface area contributed by atoms with Gasteiger partial charge in [-0.2, -0.15) is 0 Å². The van der Waals surface area contributed by atoms with Crippen molar-refractivity contribution in [3.63, 3.8) is 0 Å². The van der Waals surface area contributed by atoms with Gasteiger partial charge >= 0.3 is 0 Å². The fourth-order valence-electron chi connectivity index (χ4n) is 4.59. The Labute approximate surface area is 207 Å². The predicted octanol–water partition coefficient (Wildman–Crippen LogP) is 3.63. The quantitative estimate of drug-likeness (QED) is 0.480. The Kier molecular flexibility index (Phi) is 8.50. The van der Waals surface area contributed by atoms with Crippen molar-refractivity contribution in [1.82, 2.24) is 9.80 Å². The van der Waals surface area contributed by atoms with E-state index < -0.39 is 0 Å². The number of carbonyl (C=O) groups excluding carboxylic acids is 1. The van der Waals surface area contributed by atoms with Crippen molar-refractivity contribution in [2.45, 2.75) is 12.8 Å². The Bertz CT molecular complexity index is 1030. The van der Waals surface area contributed by atoms with Gasteiger partial charge in [-0.15, -0.1) is 0 Å². The van der Waals surface area contributed by atoms with Crippen molar-refractivity contribution >= 4 is 11.6 Å². The number of unbranched alkanes of at least 4 members (excludes halogenated alkanes) is 1. The molecule has 188 valence electrons. The smallest absolute Gasteiger partial charge is 0.262 e. The molecule has 4 rings (SSSR count). The average molecular weight is 482 g/mol. The third-order valence-corrected chi connectivity index (χ3v) is 6.53. The number of fused-ring (bicyclic) bond motifs is 1. The second-order valence-electron chi connectivity index (χ2n) is 8.69. The van der Waals surface area contributed by atoms with Gasteiger partial charge in [0, 0.05) is 39.8 Å². The van der Waals surface area contributed by atoms with Crippen LogP contribution in [-0.2, 0) is 4.74 Å². The Balaban J connectivity index is 1.30. The number of methoxy groups -OCH3 is 3. The third-order valence-electron chi connectivity index (χ3n) is 6.53. The molecule has 0 unspecified atom stereocenters. The lowest BCUT2D eigenvalue weighted by atomic mass is 10.1. The van der Waals surface area contributed by atoms with E-state index >= 15 is 0 Å². The Hall–Kier alpha value is -3.23. The van der Waals surface area contributed by atoms with Crippen LogP contribution in [0.15, 0.2) is 54.4 Å². The zero-order chi connectivity index (χ0) is 24.6. The number of hydrogen-bond acceptors (Lipinski definition) is 7. The van der Waals surface area contributed by atoms with E-state index in [2.05, 4.69) is 21.9 Å². The third kappa shape index (κ3) is 5.89. The van der Waals surface area contributed by atoms with Crippen LogP contribution in [0.25, 0.3) is 0 Å². The van der Waals surface area contributed by atoms with Gasteiger partial charge in [-0.3, -0.25) is 9.69 Å². The molecule has 0 aromatic heterocycles. The van der Waals surface area contributed by atoms with Gasteiger partial charge in [0.05, 0.1) is 37.8 Å². The Morgan fingerprint density at radius 1 is 0.914 bits per heavy atom. The van der Waals surface area contributed by atoms with E-state index in [-0.39, 0.29) is 5.91 Å². The number of piperazine rings is 1.